The van der Waals surface area contributed by atoms with Crippen LogP contribution < -0.4 is 5.32 Å². The monoisotopic (exact) mass is 215 g/mol. The van der Waals surface area contributed by atoms with E-state index in [4.69, 9.17) is 9.47 Å². The molecule has 0 aliphatic rings. The maximum atomic E-state index is 5.09. The molecule has 1 aromatic heterocycles. The number of hydrogen-bond acceptors (Lipinski definition) is 4. The lowest BCUT2D eigenvalue weighted by molar-refractivity contribution is -0.0997. The molecule has 0 fully saturated rings. The highest BCUT2D eigenvalue weighted by Crippen LogP contribution is 2.17. The van der Waals surface area contributed by atoms with Crippen molar-refractivity contribution in [2.45, 2.75) is 19.3 Å². The van der Waals surface area contributed by atoms with E-state index >= 15 is 0 Å². The van der Waals surface area contributed by atoms with Gasteiger partial charge in [-0.3, -0.25) is 0 Å². The Morgan fingerprint density at radius 2 is 2.14 bits per heavy atom. The van der Waals surface area contributed by atoms with Gasteiger partial charge in [-0.1, -0.05) is 6.07 Å². The molecular weight excluding hydrogens is 198 g/mol. The molecule has 1 heterocycles. The Labute approximate surface area is 89.0 Å². The second-order valence-corrected chi connectivity index (χ2v) is 4.03. The van der Waals surface area contributed by atoms with Crippen LogP contribution in [0.1, 0.15) is 17.8 Å². The lowest BCUT2D eigenvalue weighted by Gasteiger charge is -2.17. The maximum absolute atomic E-state index is 5.09. The van der Waals surface area contributed by atoms with Gasteiger partial charge in [-0.2, -0.15) is 0 Å². The van der Waals surface area contributed by atoms with Crippen LogP contribution in [0.2, 0.25) is 0 Å². The van der Waals surface area contributed by atoms with Crippen LogP contribution in [0.3, 0.4) is 0 Å². The molecule has 0 radical (unpaired) electrons. The summed E-state index contributed by atoms with van der Waals surface area (Å²) in [5, 5.41) is 5.43. The third kappa shape index (κ3) is 3.38. The van der Waals surface area contributed by atoms with Crippen molar-refractivity contribution in [1.82, 2.24) is 5.32 Å². The summed E-state index contributed by atoms with van der Waals surface area (Å²) in [6.45, 7) is 2.83. The third-order valence-electron chi connectivity index (χ3n) is 2.09. The summed E-state index contributed by atoms with van der Waals surface area (Å²) in [4.78, 5) is 1.33. The minimum atomic E-state index is -0.169. The second kappa shape index (κ2) is 6.14. The average molecular weight is 215 g/mol. The van der Waals surface area contributed by atoms with E-state index in [0.717, 1.165) is 0 Å². The molecule has 0 aliphatic heterocycles. The summed E-state index contributed by atoms with van der Waals surface area (Å²) in [5.41, 5.74) is 0. The Balaban J connectivity index is 2.31. The molecule has 1 aromatic rings. The Morgan fingerprint density at radius 3 is 2.64 bits per heavy atom. The van der Waals surface area contributed by atoms with Gasteiger partial charge in [0, 0.05) is 31.7 Å². The van der Waals surface area contributed by atoms with Crippen LogP contribution in [0.4, 0.5) is 0 Å². The highest BCUT2D eigenvalue weighted by Gasteiger charge is 2.09. The molecule has 0 unspecified atom stereocenters. The molecule has 80 valence electrons. The van der Waals surface area contributed by atoms with Gasteiger partial charge in [0.15, 0.2) is 6.29 Å². The molecule has 0 bridgehead atoms. The summed E-state index contributed by atoms with van der Waals surface area (Å²) in [7, 11) is 3.29. The second-order valence-electron chi connectivity index (χ2n) is 3.05. The lowest BCUT2D eigenvalue weighted by Crippen LogP contribution is -2.31. The van der Waals surface area contributed by atoms with E-state index < -0.39 is 0 Å². The van der Waals surface area contributed by atoms with Crippen molar-refractivity contribution < 1.29 is 9.47 Å². The zero-order chi connectivity index (χ0) is 10.4. The molecule has 1 rings (SSSR count). The quantitative estimate of drug-likeness (QED) is 0.736. The fourth-order valence-electron chi connectivity index (χ4n) is 1.17. The molecule has 14 heavy (non-hydrogen) atoms. The Bertz CT molecular complexity index is 234. The highest BCUT2D eigenvalue weighted by molar-refractivity contribution is 7.10. The normalized spacial score (nSPS) is 13.4. The van der Waals surface area contributed by atoms with Gasteiger partial charge in [-0.05, 0) is 18.4 Å². The van der Waals surface area contributed by atoms with Gasteiger partial charge in [0.05, 0.1) is 0 Å². The molecule has 0 amide bonds. The van der Waals surface area contributed by atoms with Crippen molar-refractivity contribution in [2.24, 2.45) is 0 Å². The molecule has 4 heteroatoms. The summed E-state index contributed by atoms with van der Waals surface area (Å²) in [5.74, 6) is 0. The summed E-state index contributed by atoms with van der Waals surface area (Å²) >= 11 is 1.75. The molecule has 1 N–H and O–H groups in total. The van der Waals surface area contributed by atoms with Crippen LogP contribution in [0.15, 0.2) is 17.5 Å². The molecule has 3 nitrogen and oxygen atoms in total. The van der Waals surface area contributed by atoms with Crippen LogP contribution in [0.5, 0.6) is 0 Å². The van der Waals surface area contributed by atoms with Crippen molar-refractivity contribution in [2.75, 3.05) is 20.8 Å². The van der Waals surface area contributed by atoms with Crippen LogP contribution in [0, 0.1) is 0 Å². The van der Waals surface area contributed by atoms with E-state index in [1.54, 1.807) is 25.6 Å². The molecule has 0 saturated carbocycles. The lowest BCUT2D eigenvalue weighted by atomic mass is 10.3. The van der Waals surface area contributed by atoms with Gasteiger partial charge >= 0.3 is 0 Å². The van der Waals surface area contributed by atoms with Crippen molar-refractivity contribution in [3.8, 4) is 0 Å². The Hall–Kier alpha value is -0.420. The smallest absolute Gasteiger partial charge is 0.169 e. The van der Waals surface area contributed by atoms with Gasteiger partial charge in [0.2, 0.25) is 0 Å². The third-order valence-corrected chi connectivity index (χ3v) is 3.14. The van der Waals surface area contributed by atoms with E-state index in [1.165, 1.54) is 4.88 Å². The van der Waals surface area contributed by atoms with Gasteiger partial charge < -0.3 is 14.8 Å². The predicted molar refractivity (Wildman–Crippen MR) is 58.5 cm³/mol. The van der Waals surface area contributed by atoms with Gasteiger partial charge in [-0.25, -0.2) is 0 Å². The molecule has 1 atom stereocenters. The highest BCUT2D eigenvalue weighted by atomic mass is 32.1. The molecule has 0 aromatic carbocycles. The van der Waals surface area contributed by atoms with Crippen LogP contribution in [0.25, 0.3) is 0 Å². The summed E-state index contributed by atoms with van der Waals surface area (Å²) in [6.07, 6.45) is -0.169. The maximum Gasteiger partial charge on any atom is 0.169 e. The van der Waals surface area contributed by atoms with Crippen molar-refractivity contribution in [3.63, 3.8) is 0 Å². The minimum absolute atomic E-state index is 0.169. The van der Waals surface area contributed by atoms with Gasteiger partial charge in [-0.15, -0.1) is 11.3 Å². The first-order valence-corrected chi connectivity index (χ1v) is 5.48. The van der Waals surface area contributed by atoms with E-state index in [1.807, 2.05) is 0 Å². The SMILES string of the molecule is COC(CN[C@@H](C)c1cccs1)OC. The number of hydrogen-bond donors (Lipinski definition) is 1. The fourth-order valence-corrected chi connectivity index (χ4v) is 1.93. The number of methoxy groups -OCH3 is 2. The number of ether oxygens (including phenoxy) is 2. The Kier molecular flexibility index (Phi) is 5.11. The van der Waals surface area contributed by atoms with Crippen LogP contribution in [-0.4, -0.2) is 27.1 Å². The number of nitrogens with one attached hydrogen (secondary N) is 1. The first kappa shape index (κ1) is 11.7. The van der Waals surface area contributed by atoms with Crippen molar-refractivity contribution >= 4 is 11.3 Å². The van der Waals surface area contributed by atoms with Gasteiger partial charge in [0.25, 0.3) is 0 Å². The largest absolute Gasteiger partial charge is 0.355 e. The van der Waals surface area contributed by atoms with E-state index in [2.05, 4.69) is 29.8 Å². The first-order chi connectivity index (χ1) is 6.77. The zero-order valence-corrected chi connectivity index (χ0v) is 9.64. The van der Waals surface area contributed by atoms with E-state index in [-0.39, 0.29) is 6.29 Å². The zero-order valence-electron chi connectivity index (χ0n) is 8.82. The topological polar surface area (TPSA) is 30.5 Å². The molecule has 0 saturated heterocycles. The van der Waals surface area contributed by atoms with Crippen molar-refractivity contribution in [3.05, 3.63) is 22.4 Å². The van der Waals surface area contributed by atoms with Crippen LogP contribution in [-0.2, 0) is 9.47 Å². The predicted octanol–water partition coefficient (Wildman–Crippen LogP) is 2.02. The summed E-state index contributed by atoms with van der Waals surface area (Å²) < 4.78 is 10.2. The minimum Gasteiger partial charge on any atom is -0.355 e. The number of rotatable bonds is 6. The standard InChI is InChI=1S/C10H17NO2S/c1-8(9-5-4-6-14-9)11-7-10(12-2)13-3/h4-6,8,10-11H,7H2,1-3H3/t8-/m0/s1. The molecule has 0 aliphatic carbocycles. The van der Waals surface area contributed by atoms with Crippen molar-refractivity contribution in [1.29, 1.82) is 0 Å². The van der Waals surface area contributed by atoms with E-state index in [0.29, 0.717) is 12.6 Å². The van der Waals surface area contributed by atoms with E-state index in [9.17, 15) is 0 Å². The van der Waals surface area contributed by atoms with Gasteiger partial charge in [0.1, 0.15) is 0 Å². The molecule has 0 spiro atoms. The van der Waals surface area contributed by atoms with Crippen LogP contribution >= 0.6 is 11.3 Å². The average Bonchev–Trinajstić information content (AvgIpc) is 2.72. The number of thiophene rings is 1. The first-order valence-electron chi connectivity index (χ1n) is 4.60. The molecular formula is C10H17NO2S. The summed E-state index contributed by atoms with van der Waals surface area (Å²) in [6, 6.07) is 4.53. The Morgan fingerprint density at radius 1 is 1.43 bits per heavy atom. The fraction of sp³-hybridized carbons (Fsp3) is 0.600.